The number of anilines is 1. The van der Waals surface area contributed by atoms with Crippen LogP contribution in [0.1, 0.15) is 0 Å². The van der Waals surface area contributed by atoms with Crippen LogP contribution in [0.2, 0.25) is 10.0 Å². The van der Waals surface area contributed by atoms with Crippen LogP contribution in [0, 0.1) is 11.6 Å². The van der Waals surface area contributed by atoms with Gasteiger partial charge in [0.25, 0.3) is 0 Å². The van der Waals surface area contributed by atoms with Crippen LogP contribution in [0.5, 0.6) is 0 Å². The molecule has 0 saturated heterocycles. The number of nitrogens with two attached hydrogens (primary N) is 1. The number of nitrogens with zero attached hydrogens (tertiary/aromatic N) is 1. The molecule has 3 aromatic carbocycles. The lowest BCUT2D eigenvalue weighted by atomic mass is 9.94. The van der Waals surface area contributed by atoms with Crippen molar-refractivity contribution < 1.29 is 17.2 Å². The van der Waals surface area contributed by atoms with Crippen LogP contribution in [0.4, 0.5) is 14.5 Å². The first-order valence-electron chi connectivity index (χ1n) is 8.28. The topological polar surface area (TPSA) is 63.4 Å². The number of benzene rings is 3. The summed E-state index contributed by atoms with van der Waals surface area (Å²) in [5.74, 6) is -2.07. The van der Waals surface area contributed by atoms with Crippen LogP contribution in [0.25, 0.3) is 22.3 Å². The third kappa shape index (κ3) is 4.38. The molecule has 0 saturated carbocycles. The predicted molar refractivity (Wildman–Crippen MR) is 113 cm³/mol. The number of sulfonamides is 1. The second-order valence-corrected chi connectivity index (χ2v) is 8.94. The average Bonchev–Trinajstić information content (AvgIpc) is 2.62. The van der Waals surface area contributed by atoms with Crippen molar-refractivity contribution in [2.45, 2.75) is 4.90 Å². The fourth-order valence-electron chi connectivity index (χ4n) is 3.00. The van der Waals surface area contributed by atoms with Gasteiger partial charge in [0.1, 0.15) is 0 Å². The second kappa shape index (κ2) is 7.91. The van der Waals surface area contributed by atoms with Gasteiger partial charge in [-0.25, -0.2) is 22.3 Å². The molecule has 0 aliphatic heterocycles. The van der Waals surface area contributed by atoms with Gasteiger partial charge in [-0.3, -0.25) is 0 Å². The summed E-state index contributed by atoms with van der Waals surface area (Å²) in [6.07, 6.45) is 0. The van der Waals surface area contributed by atoms with Crippen LogP contribution in [-0.2, 0) is 10.0 Å². The second-order valence-electron chi connectivity index (χ2n) is 6.56. The van der Waals surface area contributed by atoms with Gasteiger partial charge in [0, 0.05) is 14.1 Å². The standard InChI is InChI=1S/C20H16Cl2F2N2O2S/c1-26(2)20-16(21)7-12(8-17(20)22)15-10-19(24)18(23)9-14(15)11-3-5-13(6-4-11)29(25,27)28/h3-10H,1-2H3,(H2,25,27,28). The maximum atomic E-state index is 14.0. The van der Waals surface area contributed by atoms with E-state index in [0.717, 1.165) is 12.1 Å². The molecule has 0 aliphatic rings. The van der Waals surface area contributed by atoms with Crippen molar-refractivity contribution in [3.63, 3.8) is 0 Å². The van der Waals surface area contributed by atoms with Crippen LogP contribution in [0.15, 0.2) is 53.4 Å². The maximum Gasteiger partial charge on any atom is 0.238 e. The van der Waals surface area contributed by atoms with Gasteiger partial charge in [-0.1, -0.05) is 35.3 Å². The summed E-state index contributed by atoms with van der Waals surface area (Å²) in [6.45, 7) is 0. The van der Waals surface area contributed by atoms with Gasteiger partial charge < -0.3 is 4.90 Å². The van der Waals surface area contributed by atoms with E-state index in [1.165, 1.54) is 24.3 Å². The van der Waals surface area contributed by atoms with E-state index < -0.39 is 21.7 Å². The monoisotopic (exact) mass is 456 g/mol. The lowest BCUT2D eigenvalue weighted by molar-refractivity contribution is 0.509. The summed E-state index contributed by atoms with van der Waals surface area (Å²) in [7, 11) is -0.316. The Morgan fingerprint density at radius 3 is 1.69 bits per heavy atom. The highest BCUT2D eigenvalue weighted by molar-refractivity contribution is 7.89. The van der Waals surface area contributed by atoms with Crippen molar-refractivity contribution in [1.29, 1.82) is 0 Å². The summed E-state index contributed by atoms with van der Waals surface area (Å²) in [5, 5.41) is 5.80. The molecule has 29 heavy (non-hydrogen) atoms. The van der Waals surface area contributed by atoms with E-state index in [1.54, 1.807) is 31.1 Å². The molecule has 3 aromatic rings. The van der Waals surface area contributed by atoms with Gasteiger partial charge in [-0.2, -0.15) is 0 Å². The molecule has 0 aliphatic carbocycles. The smallest absolute Gasteiger partial charge is 0.238 e. The molecule has 0 spiro atoms. The number of hydrogen-bond acceptors (Lipinski definition) is 3. The lowest BCUT2D eigenvalue weighted by Gasteiger charge is -2.19. The SMILES string of the molecule is CN(C)c1c(Cl)cc(-c2cc(F)c(F)cc2-c2ccc(S(N)(=O)=O)cc2)cc1Cl. The Kier molecular flexibility index (Phi) is 5.87. The van der Waals surface area contributed by atoms with E-state index in [-0.39, 0.29) is 4.90 Å². The molecule has 0 heterocycles. The number of hydrogen-bond donors (Lipinski definition) is 1. The Bertz CT molecular complexity index is 1170. The van der Waals surface area contributed by atoms with E-state index in [2.05, 4.69) is 0 Å². The zero-order valence-corrected chi connectivity index (χ0v) is 17.7. The minimum Gasteiger partial charge on any atom is -0.375 e. The molecule has 9 heteroatoms. The van der Waals surface area contributed by atoms with Gasteiger partial charge in [-0.05, 0) is 58.7 Å². The van der Waals surface area contributed by atoms with Crippen LogP contribution < -0.4 is 10.0 Å². The first-order chi connectivity index (χ1) is 13.5. The van der Waals surface area contributed by atoms with Gasteiger partial charge in [0.15, 0.2) is 11.6 Å². The summed E-state index contributed by atoms with van der Waals surface area (Å²) >= 11 is 12.7. The molecule has 0 atom stereocenters. The highest BCUT2D eigenvalue weighted by atomic mass is 35.5. The Balaban J connectivity index is 2.23. The Morgan fingerprint density at radius 1 is 0.828 bits per heavy atom. The third-order valence-electron chi connectivity index (χ3n) is 4.33. The lowest BCUT2D eigenvalue weighted by Crippen LogP contribution is -2.11. The number of rotatable bonds is 4. The molecular formula is C20H16Cl2F2N2O2S. The zero-order chi connectivity index (χ0) is 21.5. The first-order valence-corrected chi connectivity index (χ1v) is 10.6. The van der Waals surface area contributed by atoms with E-state index in [9.17, 15) is 17.2 Å². The Labute approximate surface area is 177 Å². The zero-order valence-electron chi connectivity index (χ0n) is 15.4. The van der Waals surface area contributed by atoms with Crippen molar-refractivity contribution in [2.75, 3.05) is 19.0 Å². The van der Waals surface area contributed by atoms with E-state index in [4.69, 9.17) is 28.3 Å². The highest BCUT2D eigenvalue weighted by Crippen LogP contribution is 2.41. The maximum absolute atomic E-state index is 14.0. The van der Waals surface area contributed by atoms with Crippen molar-refractivity contribution in [1.82, 2.24) is 0 Å². The van der Waals surface area contributed by atoms with E-state index in [0.29, 0.717) is 38.0 Å². The highest BCUT2D eigenvalue weighted by Gasteiger charge is 2.17. The Hall–Kier alpha value is -2.19. The molecule has 3 rings (SSSR count). The summed E-state index contributed by atoms with van der Waals surface area (Å²) in [5.41, 5.74) is 2.24. The van der Waals surface area contributed by atoms with Crippen LogP contribution >= 0.6 is 23.2 Å². The molecule has 152 valence electrons. The third-order valence-corrected chi connectivity index (χ3v) is 5.83. The normalized spacial score (nSPS) is 11.6. The van der Waals surface area contributed by atoms with Crippen molar-refractivity contribution in [2.24, 2.45) is 5.14 Å². The first kappa shape index (κ1) is 21.5. The fourth-order valence-corrected chi connectivity index (χ4v) is 4.34. The number of halogens is 4. The fraction of sp³-hybridized carbons (Fsp3) is 0.100. The molecule has 0 radical (unpaired) electrons. The van der Waals surface area contributed by atoms with Gasteiger partial charge in [0.2, 0.25) is 10.0 Å². The molecule has 4 nitrogen and oxygen atoms in total. The molecule has 0 aromatic heterocycles. The van der Waals surface area contributed by atoms with Gasteiger partial charge >= 0.3 is 0 Å². The summed E-state index contributed by atoms with van der Waals surface area (Å²) < 4.78 is 51.0. The minimum absolute atomic E-state index is 0.0909. The molecule has 0 unspecified atom stereocenters. The predicted octanol–water partition coefficient (Wildman–Crippen LogP) is 5.32. The molecule has 0 bridgehead atoms. The quantitative estimate of drug-likeness (QED) is 0.577. The molecule has 0 fully saturated rings. The van der Waals surface area contributed by atoms with Gasteiger partial charge in [-0.15, -0.1) is 0 Å². The Morgan fingerprint density at radius 2 is 1.28 bits per heavy atom. The summed E-state index contributed by atoms with van der Waals surface area (Å²) in [6, 6.07) is 10.8. The molecule has 2 N–H and O–H groups in total. The van der Waals surface area contributed by atoms with E-state index >= 15 is 0 Å². The van der Waals surface area contributed by atoms with Crippen LogP contribution in [0.3, 0.4) is 0 Å². The molecule has 0 amide bonds. The van der Waals surface area contributed by atoms with E-state index in [1.807, 2.05) is 0 Å². The van der Waals surface area contributed by atoms with Crippen LogP contribution in [-0.4, -0.2) is 22.5 Å². The van der Waals surface area contributed by atoms with Crippen molar-refractivity contribution >= 4 is 38.9 Å². The number of primary sulfonamides is 1. The summed E-state index contributed by atoms with van der Waals surface area (Å²) in [4.78, 5) is 1.65. The molecular weight excluding hydrogens is 441 g/mol. The van der Waals surface area contributed by atoms with Crippen molar-refractivity contribution in [3.05, 3.63) is 70.2 Å². The minimum atomic E-state index is -3.88. The van der Waals surface area contributed by atoms with Crippen molar-refractivity contribution in [3.8, 4) is 22.3 Å². The van der Waals surface area contributed by atoms with Gasteiger partial charge in [0.05, 0.1) is 20.6 Å². The largest absolute Gasteiger partial charge is 0.375 e. The average molecular weight is 457 g/mol.